The van der Waals surface area contributed by atoms with Gasteiger partial charge in [-0.25, -0.2) is 4.98 Å². The number of fused-ring (bicyclic) bond motifs is 2. The average molecular weight is 594 g/mol. The van der Waals surface area contributed by atoms with Crippen molar-refractivity contribution >= 4 is 40.6 Å². The number of rotatable bonds is 7. The number of halogens is 1. The number of thioether (sulfide) groups is 1. The zero-order chi connectivity index (χ0) is 28.1. The van der Waals surface area contributed by atoms with Gasteiger partial charge >= 0.3 is 0 Å². The van der Waals surface area contributed by atoms with Gasteiger partial charge in [0.25, 0.3) is 5.91 Å². The number of thiazole rings is 1. The summed E-state index contributed by atoms with van der Waals surface area (Å²) in [4.78, 5) is 20.4. The number of hydrogen-bond acceptors (Lipinski definition) is 7. The molecule has 10 heteroatoms. The highest BCUT2D eigenvalue weighted by Crippen LogP contribution is 2.52. The number of hydrogen-bond donors (Lipinski definition) is 0. The molecule has 2 aliphatic rings. The van der Waals surface area contributed by atoms with Crippen LogP contribution in [0, 0.1) is 10.8 Å². The zero-order valence-corrected chi connectivity index (χ0v) is 25.4. The maximum atomic E-state index is 13.5. The van der Waals surface area contributed by atoms with Gasteiger partial charge in [-0.3, -0.25) is 9.36 Å². The first-order valence-corrected chi connectivity index (χ1v) is 15.6. The molecule has 0 spiro atoms. The molecule has 7 nitrogen and oxygen atoms in total. The highest BCUT2D eigenvalue weighted by atomic mass is 35.5. The molecule has 2 aromatic carbocycles. The standard InChI is InChI=1S/C30H32ClN5O2S2/c1-29(2)13-19-14-30(3,17-29)18-35(19)27(37)22-15-39-25(32-22)16-40-28-34-33-26(20-9-5-6-10-21(20)31)36(28)23-11-7-8-12-24(23)38-4/h5-12,15,19H,13-14,16-18H2,1-4H3. The minimum atomic E-state index is 0.0529. The Hall–Kier alpha value is -2.88. The Balaban J connectivity index is 1.25. The summed E-state index contributed by atoms with van der Waals surface area (Å²) in [5.74, 6) is 1.94. The molecule has 40 heavy (non-hydrogen) atoms. The summed E-state index contributed by atoms with van der Waals surface area (Å²) < 4.78 is 7.63. The van der Waals surface area contributed by atoms with Gasteiger partial charge in [0.2, 0.25) is 0 Å². The molecular formula is C30H32ClN5O2S2. The van der Waals surface area contributed by atoms with Crippen LogP contribution in [0.4, 0.5) is 0 Å². The summed E-state index contributed by atoms with van der Waals surface area (Å²) >= 11 is 9.59. The normalized spacial score (nSPS) is 21.5. The largest absolute Gasteiger partial charge is 0.495 e. The molecule has 0 radical (unpaired) electrons. The van der Waals surface area contributed by atoms with E-state index in [1.54, 1.807) is 7.11 Å². The van der Waals surface area contributed by atoms with E-state index in [1.165, 1.54) is 23.1 Å². The summed E-state index contributed by atoms with van der Waals surface area (Å²) in [5, 5.41) is 13.1. The Bertz CT molecular complexity index is 1570. The number of aromatic nitrogens is 4. The molecule has 2 fully saturated rings. The third-order valence-electron chi connectivity index (χ3n) is 7.85. The van der Waals surface area contributed by atoms with Crippen LogP contribution in [0.3, 0.4) is 0 Å². The molecule has 2 aromatic heterocycles. The monoisotopic (exact) mass is 593 g/mol. The van der Waals surface area contributed by atoms with Crippen molar-refractivity contribution in [2.24, 2.45) is 10.8 Å². The number of carbonyl (C=O) groups excluding carboxylic acids is 1. The van der Waals surface area contributed by atoms with E-state index in [4.69, 9.17) is 21.3 Å². The topological polar surface area (TPSA) is 73.1 Å². The first-order chi connectivity index (χ1) is 19.2. The lowest BCUT2D eigenvalue weighted by Gasteiger charge is -2.39. The van der Waals surface area contributed by atoms with Crippen molar-refractivity contribution in [2.45, 2.75) is 57.0 Å². The van der Waals surface area contributed by atoms with Crippen molar-refractivity contribution in [1.82, 2.24) is 24.6 Å². The van der Waals surface area contributed by atoms with E-state index >= 15 is 0 Å². The van der Waals surface area contributed by atoms with Gasteiger partial charge < -0.3 is 9.64 Å². The van der Waals surface area contributed by atoms with Crippen LogP contribution in [0.5, 0.6) is 5.75 Å². The number of ether oxygens (including phenoxy) is 1. The highest BCUT2D eigenvalue weighted by Gasteiger charge is 2.51. The van der Waals surface area contributed by atoms with Gasteiger partial charge in [0, 0.05) is 23.5 Å². The number of amides is 1. The van der Waals surface area contributed by atoms with Gasteiger partial charge in [0.1, 0.15) is 16.5 Å². The Morgan fingerprint density at radius 1 is 1.12 bits per heavy atom. The van der Waals surface area contributed by atoms with Crippen molar-refractivity contribution in [2.75, 3.05) is 13.7 Å². The lowest BCUT2D eigenvalue weighted by atomic mass is 9.65. The van der Waals surface area contributed by atoms with Crippen LogP contribution in [0.25, 0.3) is 17.1 Å². The molecular weight excluding hydrogens is 562 g/mol. The fourth-order valence-corrected chi connectivity index (χ4v) is 8.61. The minimum Gasteiger partial charge on any atom is -0.495 e. The van der Waals surface area contributed by atoms with Crippen LogP contribution in [-0.2, 0) is 5.75 Å². The summed E-state index contributed by atoms with van der Waals surface area (Å²) in [6.45, 7) is 7.79. The first kappa shape index (κ1) is 27.3. The van der Waals surface area contributed by atoms with E-state index in [-0.39, 0.29) is 16.7 Å². The van der Waals surface area contributed by atoms with Crippen molar-refractivity contribution < 1.29 is 9.53 Å². The smallest absolute Gasteiger partial charge is 0.273 e. The number of para-hydroxylation sites is 2. The lowest BCUT2D eigenvalue weighted by Crippen LogP contribution is -2.37. The van der Waals surface area contributed by atoms with Crippen molar-refractivity contribution in [3.8, 4) is 22.8 Å². The third kappa shape index (κ3) is 5.15. The Morgan fingerprint density at radius 2 is 1.90 bits per heavy atom. The molecule has 1 saturated heterocycles. The Kier molecular flexibility index (Phi) is 7.17. The quantitative estimate of drug-likeness (QED) is 0.208. The number of benzene rings is 2. The molecule has 6 rings (SSSR count). The predicted molar refractivity (Wildman–Crippen MR) is 161 cm³/mol. The second kappa shape index (κ2) is 10.5. The molecule has 2 bridgehead atoms. The van der Waals surface area contributed by atoms with Crippen molar-refractivity contribution in [3.63, 3.8) is 0 Å². The molecule has 208 valence electrons. The second-order valence-electron chi connectivity index (χ2n) is 11.9. The van der Waals surface area contributed by atoms with Gasteiger partial charge in [0.15, 0.2) is 11.0 Å². The van der Waals surface area contributed by atoms with Gasteiger partial charge in [-0.1, -0.05) is 68.4 Å². The summed E-state index contributed by atoms with van der Waals surface area (Å²) in [7, 11) is 1.65. The maximum Gasteiger partial charge on any atom is 0.273 e. The zero-order valence-electron chi connectivity index (χ0n) is 23.1. The fraction of sp³-hybridized carbons (Fsp3) is 0.400. The number of likely N-dealkylation sites (tertiary alicyclic amines) is 1. The van der Waals surface area contributed by atoms with Gasteiger partial charge in [0.05, 0.1) is 23.6 Å². The van der Waals surface area contributed by atoms with E-state index in [2.05, 4.69) is 35.9 Å². The van der Waals surface area contributed by atoms with Crippen LogP contribution in [-0.4, -0.2) is 50.3 Å². The fourth-order valence-electron chi connectivity index (χ4n) is 6.66. The Morgan fingerprint density at radius 3 is 2.70 bits per heavy atom. The summed E-state index contributed by atoms with van der Waals surface area (Å²) in [6.07, 6.45) is 3.29. The molecule has 3 heterocycles. The molecule has 1 aliphatic carbocycles. The maximum absolute atomic E-state index is 13.5. The highest BCUT2D eigenvalue weighted by molar-refractivity contribution is 7.98. The van der Waals surface area contributed by atoms with E-state index < -0.39 is 0 Å². The van der Waals surface area contributed by atoms with Gasteiger partial charge in [-0.15, -0.1) is 21.5 Å². The number of carbonyl (C=O) groups is 1. The molecule has 1 amide bonds. The molecule has 0 N–H and O–H groups in total. The van der Waals surface area contributed by atoms with Crippen molar-refractivity contribution in [3.05, 3.63) is 69.6 Å². The Labute approximate surface area is 247 Å². The van der Waals surface area contributed by atoms with E-state index in [0.29, 0.717) is 39.2 Å². The van der Waals surface area contributed by atoms with Crippen LogP contribution < -0.4 is 4.74 Å². The van der Waals surface area contributed by atoms with Crippen LogP contribution in [0.15, 0.2) is 59.1 Å². The molecule has 1 aliphatic heterocycles. The van der Waals surface area contributed by atoms with Crippen LogP contribution in [0.2, 0.25) is 5.02 Å². The second-order valence-corrected chi connectivity index (χ2v) is 14.1. The molecule has 4 aromatic rings. The average Bonchev–Trinajstić information content (AvgIpc) is 3.62. The van der Waals surface area contributed by atoms with E-state index in [1.807, 2.05) is 58.5 Å². The van der Waals surface area contributed by atoms with Crippen molar-refractivity contribution in [1.29, 1.82) is 0 Å². The number of nitrogens with zero attached hydrogens (tertiary/aromatic N) is 5. The summed E-state index contributed by atoms with van der Waals surface area (Å²) in [5.41, 5.74) is 2.59. The number of methoxy groups -OCH3 is 1. The SMILES string of the molecule is COc1ccccc1-n1c(SCc2nc(C(=O)N3CC4(C)CC3CC(C)(C)C4)cs2)nnc1-c1ccccc1Cl. The van der Waals surface area contributed by atoms with Gasteiger partial charge in [-0.2, -0.15) is 0 Å². The van der Waals surface area contributed by atoms with Crippen LogP contribution in [0.1, 0.15) is 55.5 Å². The molecule has 2 unspecified atom stereocenters. The predicted octanol–water partition coefficient (Wildman–Crippen LogP) is 7.39. The van der Waals surface area contributed by atoms with E-state index in [0.717, 1.165) is 42.1 Å². The third-order valence-corrected chi connectivity index (χ3v) is 10.1. The van der Waals surface area contributed by atoms with Gasteiger partial charge in [-0.05, 0) is 54.4 Å². The first-order valence-electron chi connectivity index (χ1n) is 13.4. The lowest BCUT2D eigenvalue weighted by molar-refractivity contribution is 0.0703. The van der Waals surface area contributed by atoms with Crippen LogP contribution >= 0.6 is 34.7 Å². The van der Waals surface area contributed by atoms with E-state index in [9.17, 15) is 4.79 Å². The summed E-state index contributed by atoms with van der Waals surface area (Å²) in [6, 6.07) is 15.7. The minimum absolute atomic E-state index is 0.0529. The molecule has 2 atom stereocenters. The molecule has 1 saturated carbocycles.